The summed E-state index contributed by atoms with van der Waals surface area (Å²) in [5.74, 6) is 1.10. The molecule has 0 fully saturated rings. The second-order valence-corrected chi connectivity index (χ2v) is 8.75. The van der Waals surface area contributed by atoms with Gasteiger partial charge in [-0.25, -0.2) is 18.5 Å². The number of hydrogen-bond acceptors (Lipinski definition) is 6. The average molecular weight is 386 g/mol. The molecule has 0 spiro atoms. The van der Waals surface area contributed by atoms with E-state index in [0.717, 1.165) is 22.0 Å². The molecule has 2 aromatic rings. The Morgan fingerprint density at radius 2 is 2.04 bits per heavy atom. The number of primary sulfonamides is 1. The van der Waals surface area contributed by atoms with Gasteiger partial charge in [0.25, 0.3) is 0 Å². The predicted molar refractivity (Wildman–Crippen MR) is 97.5 cm³/mol. The highest BCUT2D eigenvalue weighted by atomic mass is 32.2. The minimum Gasteiger partial charge on any atom is -0.355 e. The van der Waals surface area contributed by atoms with Crippen LogP contribution in [-0.2, 0) is 27.0 Å². The number of sulfonamides is 1. The first-order valence-electron chi connectivity index (χ1n) is 7.22. The standard InChI is InChI=1S/C15H19N3O3S3/c1-11-18-13(9-23-11)8-22-10-15(19)17-7-6-12-2-4-14(5-3-12)24(16,20)21/h2-5,9H,6-8,10H2,1H3,(H,17,19)(H2,16,20,21). The molecule has 1 aromatic heterocycles. The first-order chi connectivity index (χ1) is 11.3. The van der Waals surface area contributed by atoms with Crippen molar-refractivity contribution in [3.05, 3.63) is 45.9 Å². The van der Waals surface area contributed by atoms with E-state index >= 15 is 0 Å². The van der Waals surface area contributed by atoms with Crippen LogP contribution in [0.15, 0.2) is 34.5 Å². The van der Waals surface area contributed by atoms with Crippen molar-refractivity contribution >= 4 is 39.0 Å². The van der Waals surface area contributed by atoms with Crippen LogP contribution in [0.4, 0.5) is 0 Å². The third kappa shape index (κ3) is 6.23. The molecule has 0 saturated carbocycles. The molecule has 1 heterocycles. The minimum atomic E-state index is -3.66. The first kappa shape index (κ1) is 18.9. The number of nitrogens with one attached hydrogen (secondary N) is 1. The first-order valence-corrected chi connectivity index (χ1v) is 10.8. The van der Waals surface area contributed by atoms with E-state index in [1.165, 1.54) is 23.9 Å². The maximum absolute atomic E-state index is 11.8. The number of hydrogen-bond donors (Lipinski definition) is 2. The zero-order chi connectivity index (χ0) is 17.6. The second-order valence-electron chi connectivity index (χ2n) is 5.14. The topological polar surface area (TPSA) is 102 Å². The fourth-order valence-electron chi connectivity index (χ4n) is 1.97. The predicted octanol–water partition coefficient (Wildman–Crippen LogP) is 1.69. The number of aromatic nitrogens is 1. The van der Waals surface area contributed by atoms with Gasteiger partial charge >= 0.3 is 0 Å². The van der Waals surface area contributed by atoms with Crippen LogP contribution in [-0.4, -0.2) is 31.6 Å². The highest BCUT2D eigenvalue weighted by Gasteiger charge is 2.07. The summed E-state index contributed by atoms with van der Waals surface area (Å²) in [7, 11) is -3.66. The van der Waals surface area contributed by atoms with Crippen LogP contribution in [0.25, 0.3) is 0 Å². The van der Waals surface area contributed by atoms with Crippen molar-refractivity contribution in [2.75, 3.05) is 12.3 Å². The van der Waals surface area contributed by atoms with Gasteiger partial charge in [-0.2, -0.15) is 0 Å². The summed E-state index contributed by atoms with van der Waals surface area (Å²) in [5, 5.41) is 10.9. The lowest BCUT2D eigenvalue weighted by atomic mass is 10.1. The number of benzene rings is 1. The summed E-state index contributed by atoms with van der Waals surface area (Å²) in [4.78, 5) is 16.2. The lowest BCUT2D eigenvalue weighted by Gasteiger charge is -2.06. The van der Waals surface area contributed by atoms with E-state index in [0.29, 0.717) is 18.7 Å². The van der Waals surface area contributed by atoms with Gasteiger partial charge in [0.1, 0.15) is 0 Å². The van der Waals surface area contributed by atoms with Crippen LogP contribution in [0.2, 0.25) is 0 Å². The molecule has 0 saturated heterocycles. The van der Waals surface area contributed by atoms with Crippen molar-refractivity contribution in [3.63, 3.8) is 0 Å². The number of aryl methyl sites for hydroxylation is 1. The normalized spacial score (nSPS) is 11.4. The average Bonchev–Trinajstić information content (AvgIpc) is 2.92. The van der Waals surface area contributed by atoms with Gasteiger partial charge < -0.3 is 5.32 Å². The zero-order valence-electron chi connectivity index (χ0n) is 13.2. The third-order valence-corrected chi connectivity index (χ3v) is 5.86. The fraction of sp³-hybridized carbons (Fsp3) is 0.333. The molecule has 0 aliphatic heterocycles. The van der Waals surface area contributed by atoms with E-state index in [-0.39, 0.29) is 10.8 Å². The van der Waals surface area contributed by atoms with Crippen LogP contribution in [0, 0.1) is 6.92 Å². The van der Waals surface area contributed by atoms with E-state index in [2.05, 4.69) is 10.3 Å². The van der Waals surface area contributed by atoms with E-state index < -0.39 is 10.0 Å². The van der Waals surface area contributed by atoms with Gasteiger partial charge in [-0.05, 0) is 31.0 Å². The molecule has 0 aliphatic rings. The number of carbonyl (C=O) groups is 1. The third-order valence-electron chi connectivity index (χ3n) is 3.14. The number of carbonyl (C=O) groups excluding carboxylic acids is 1. The van der Waals surface area contributed by atoms with E-state index in [1.54, 1.807) is 23.5 Å². The van der Waals surface area contributed by atoms with Crippen LogP contribution in [0.3, 0.4) is 0 Å². The largest absolute Gasteiger partial charge is 0.355 e. The van der Waals surface area contributed by atoms with Gasteiger partial charge in [0.15, 0.2) is 0 Å². The molecule has 6 nitrogen and oxygen atoms in total. The molecule has 24 heavy (non-hydrogen) atoms. The number of nitrogens with zero attached hydrogens (tertiary/aromatic N) is 1. The molecule has 0 bridgehead atoms. The maximum atomic E-state index is 11.8. The number of thioether (sulfide) groups is 1. The Kier molecular flexibility index (Phi) is 6.79. The molecule has 1 aromatic carbocycles. The van der Waals surface area contributed by atoms with Crippen molar-refractivity contribution in [2.45, 2.75) is 24.0 Å². The number of thiazole rings is 1. The van der Waals surface area contributed by atoms with E-state index in [1.807, 2.05) is 12.3 Å². The van der Waals surface area contributed by atoms with Gasteiger partial charge in [0, 0.05) is 17.7 Å². The quantitative estimate of drug-likeness (QED) is 0.720. The Morgan fingerprint density at radius 1 is 1.33 bits per heavy atom. The van der Waals surface area contributed by atoms with Crippen LogP contribution in [0.1, 0.15) is 16.3 Å². The van der Waals surface area contributed by atoms with Gasteiger partial charge in [-0.3, -0.25) is 4.79 Å². The van der Waals surface area contributed by atoms with Crippen molar-refractivity contribution in [3.8, 4) is 0 Å². The number of amides is 1. The number of nitrogens with two attached hydrogens (primary N) is 1. The van der Waals surface area contributed by atoms with E-state index in [9.17, 15) is 13.2 Å². The van der Waals surface area contributed by atoms with Crippen molar-refractivity contribution in [2.24, 2.45) is 5.14 Å². The smallest absolute Gasteiger partial charge is 0.238 e. The summed E-state index contributed by atoms with van der Waals surface area (Å²) < 4.78 is 22.3. The zero-order valence-corrected chi connectivity index (χ0v) is 15.6. The molecule has 0 atom stereocenters. The summed E-state index contributed by atoms with van der Waals surface area (Å²) in [5.41, 5.74) is 1.94. The van der Waals surface area contributed by atoms with Gasteiger partial charge in [0.05, 0.1) is 21.3 Å². The van der Waals surface area contributed by atoms with Gasteiger partial charge in [-0.15, -0.1) is 23.1 Å². The van der Waals surface area contributed by atoms with Crippen LogP contribution >= 0.6 is 23.1 Å². The van der Waals surface area contributed by atoms with Gasteiger partial charge in [0.2, 0.25) is 15.9 Å². The Hall–Kier alpha value is -1.42. The molecule has 0 aliphatic carbocycles. The molecule has 1 amide bonds. The lowest BCUT2D eigenvalue weighted by molar-refractivity contribution is -0.118. The Balaban J connectivity index is 1.67. The maximum Gasteiger partial charge on any atom is 0.238 e. The molecule has 0 radical (unpaired) electrons. The summed E-state index contributed by atoms with van der Waals surface area (Å²) in [6.07, 6.45) is 0.632. The SMILES string of the molecule is Cc1nc(CSCC(=O)NCCc2ccc(S(N)(=O)=O)cc2)cs1. The van der Waals surface area contributed by atoms with Gasteiger partial charge in [-0.1, -0.05) is 12.1 Å². The second kappa shape index (κ2) is 8.61. The molecular formula is C15H19N3O3S3. The Morgan fingerprint density at radius 3 is 2.62 bits per heavy atom. The monoisotopic (exact) mass is 385 g/mol. The molecule has 130 valence electrons. The van der Waals surface area contributed by atoms with Crippen LogP contribution in [0.5, 0.6) is 0 Å². The molecule has 2 rings (SSSR count). The van der Waals surface area contributed by atoms with Crippen LogP contribution < -0.4 is 10.5 Å². The molecular weight excluding hydrogens is 366 g/mol. The highest BCUT2D eigenvalue weighted by Crippen LogP contribution is 2.14. The summed E-state index contributed by atoms with van der Waals surface area (Å²) in [6, 6.07) is 6.34. The minimum absolute atomic E-state index is 0.0203. The van der Waals surface area contributed by atoms with E-state index in [4.69, 9.17) is 5.14 Å². The molecule has 3 N–H and O–H groups in total. The Labute approximate surface area is 149 Å². The molecule has 0 unspecified atom stereocenters. The lowest BCUT2D eigenvalue weighted by Crippen LogP contribution is -2.27. The summed E-state index contributed by atoms with van der Waals surface area (Å²) >= 11 is 3.14. The molecule has 9 heteroatoms. The number of rotatable bonds is 8. The fourth-order valence-corrected chi connectivity index (χ4v) is 3.95. The van der Waals surface area contributed by atoms with Crippen molar-refractivity contribution in [1.82, 2.24) is 10.3 Å². The van der Waals surface area contributed by atoms with Crippen molar-refractivity contribution < 1.29 is 13.2 Å². The highest BCUT2D eigenvalue weighted by molar-refractivity contribution is 7.99. The summed E-state index contributed by atoms with van der Waals surface area (Å²) in [6.45, 7) is 2.46. The Bertz CT molecular complexity index is 786. The van der Waals surface area contributed by atoms with Crippen molar-refractivity contribution in [1.29, 1.82) is 0 Å².